The monoisotopic (exact) mass is 186 g/mol. The Morgan fingerprint density at radius 3 is 2.64 bits per heavy atom. The van der Waals surface area contributed by atoms with Crippen molar-refractivity contribution in [2.75, 3.05) is 0 Å². The van der Waals surface area contributed by atoms with Crippen molar-refractivity contribution < 1.29 is 5.11 Å². The molecule has 0 bridgehead atoms. The van der Waals surface area contributed by atoms with E-state index in [0.29, 0.717) is 5.75 Å². The minimum Gasteiger partial charge on any atom is -0.507 e. The zero-order valence-corrected chi connectivity index (χ0v) is 8.54. The quantitative estimate of drug-likeness (QED) is 0.723. The van der Waals surface area contributed by atoms with Crippen molar-refractivity contribution in [1.29, 1.82) is 0 Å². The molecule has 2 aromatic carbocycles. The molecule has 72 valence electrons. The van der Waals surface area contributed by atoms with Crippen molar-refractivity contribution in [2.24, 2.45) is 0 Å². The summed E-state index contributed by atoms with van der Waals surface area (Å²) in [4.78, 5) is 0. The van der Waals surface area contributed by atoms with E-state index in [1.54, 1.807) is 0 Å². The molecule has 0 spiro atoms. The summed E-state index contributed by atoms with van der Waals surface area (Å²) in [6.45, 7) is 4.11. The van der Waals surface area contributed by atoms with Gasteiger partial charge in [-0.3, -0.25) is 0 Å². The predicted octanol–water partition coefficient (Wildman–Crippen LogP) is 3.42. The van der Waals surface area contributed by atoms with Crippen LogP contribution >= 0.6 is 0 Å². The fourth-order valence-corrected chi connectivity index (χ4v) is 1.75. The van der Waals surface area contributed by atoms with Crippen LogP contribution in [0.1, 0.15) is 18.1 Å². The number of aromatic hydroxyl groups is 1. The molecule has 0 saturated heterocycles. The summed E-state index contributed by atoms with van der Waals surface area (Å²) in [6.07, 6.45) is 1.00. The summed E-state index contributed by atoms with van der Waals surface area (Å²) in [5.74, 6) is 0.385. The maximum absolute atomic E-state index is 9.77. The molecule has 0 aliphatic heterocycles. The van der Waals surface area contributed by atoms with E-state index < -0.39 is 0 Å². The van der Waals surface area contributed by atoms with E-state index in [9.17, 15) is 5.11 Å². The molecular weight excluding hydrogens is 172 g/mol. The fraction of sp³-hybridized carbons (Fsp3) is 0.231. The van der Waals surface area contributed by atoms with Crippen molar-refractivity contribution in [3.8, 4) is 5.75 Å². The lowest BCUT2D eigenvalue weighted by Crippen LogP contribution is -1.82. The van der Waals surface area contributed by atoms with Crippen molar-refractivity contribution in [1.82, 2.24) is 0 Å². The number of fused-ring (bicyclic) bond motifs is 1. The third-order valence-electron chi connectivity index (χ3n) is 2.55. The molecule has 14 heavy (non-hydrogen) atoms. The van der Waals surface area contributed by atoms with Gasteiger partial charge < -0.3 is 5.11 Å². The molecule has 1 nitrogen and oxygen atoms in total. The number of aryl methyl sites for hydroxylation is 2. The standard InChI is InChI=1S/C13H14O/c1-3-10-4-5-11-6-9(2)7-13(14)12(11)8-10/h4-8,14H,3H2,1-2H3. The number of phenolic OH excluding ortho intramolecular Hbond substituents is 1. The SMILES string of the molecule is CCc1ccc2cc(C)cc(O)c2c1. The second-order valence-corrected chi connectivity index (χ2v) is 3.69. The van der Waals surface area contributed by atoms with Gasteiger partial charge >= 0.3 is 0 Å². The van der Waals surface area contributed by atoms with Crippen molar-refractivity contribution in [2.45, 2.75) is 20.3 Å². The highest BCUT2D eigenvalue weighted by Crippen LogP contribution is 2.27. The average Bonchev–Trinajstić information content (AvgIpc) is 2.17. The van der Waals surface area contributed by atoms with Crippen LogP contribution in [0.2, 0.25) is 0 Å². The first kappa shape index (κ1) is 9.07. The van der Waals surface area contributed by atoms with E-state index >= 15 is 0 Å². The van der Waals surface area contributed by atoms with E-state index in [1.165, 1.54) is 5.56 Å². The Morgan fingerprint density at radius 1 is 1.14 bits per heavy atom. The Morgan fingerprint density at radius 2 is 1.93 bits per heavy atom. The van der Waals surface area contributed by atoms with Crippen molar-refractivity contribution in [3.63, 3.8) is 0 Å². The zero-order chi connectivity index (χ0) is 10.1. The summed E-state index contributed by atoms with van der Waals surface area (Å²) >= 11 is 0. The molecule has 0 saturated carbocycles. The number of hydrogen-bond acceptors (Lipinski definition) is 1. The zero-order valence-electron chi connectivity index (χ0n) is 8.54. The van der Waals surface area contributed by atoms with Gasteiger partial charge in [0.2, 0.25) is 0 Å². The Kier molecular flexibility index (Phi) is 2.16. The van der Waals surface area contributed by atoms with Gasteiger partial charge in [0.05, 0.1) is 0 Å². The fourth-order valence-electron chi connectivity index (χ4n) is 1.75. The Hall–Kier alpha value is -1.50. The maximum Gasteiger partial charge on any atom is 0.123 e. The molecule has 0 unspecified atom stereocenters. The van der Waals surface area contributed by atoms with Gasteiger partial charge in [0, 0.05) is 5.39 Å². The van der Waals surface area contributed by atoms with Crippen LogP contribution in [-0.2, 0) is 6.42 Å². The molecule has 0 heterocycles. The molecule has 1 N–H and O–H groups in total. The van der Waals surface area contributed by atoms with Gasteiger partial charge in [0.1, 0.15) is 5.75 Å². The second kappa shape index (κ2) is 3.33. The van der Waals surface area contributed by atoms with Gasteiger partial charge in [0.15, 0.2) is 0 Å². The minimum absolute atomic E-state index is 0.385. The molecule has 0 fully saturated rings. The molecule has 2 rings (SSSR count). The van der Waals surface area contributed by atoms with Crippen molar-refractivity contribution >= 4 is 10.8 Å². The van der Waals surface area contributed by atoms with E-state index in [2.05, 4.69) is 31.2 Å². The first-order chi connectivity index (χ1) is 6.70. The molecule has 0 aliphatic carbocycles. The van der Waals surface area contributed by atoms with Gasteiger partial charge in [-0.1, -0.05) is 25.1 Å². The van der Waals surface area contributed by atoms with E-state index in [1.807, 2.05) is 13.0 Å². The van der Waals surface area contributed by atoms with Gasteiger partial charge in [-0.15, -0.1) is 0 Å². The molecule has 1 heteroatoms. The topological polar surface area (TPSA) is 20.2 Å². The van der Waals surface area contributed by atoms with Gasteiger partial charge in [-0.05, 0) is 42.0 Å². The van der Waals surface area contributed by atoms with E-state index in [0.717, 1.165) is 22.8 Å². The minimum atomic E-state index is 0.385. The average molecular weight is 186 g/mol. The number of phenols is 1. The van der Waals surface area contributed by atoms with Crippen LogP contribution < -0.4 is 0 Å². The maximum atomic E-state index is 9.77. The van der Waals surface area contributed by atoms with E-state index in [-0.39, 0.29) is 0 Å². The molecule has 0 amide bonds. The highest BCUT2D eigenvalue weighted by Gasteiger charge is 2.01. The summed E-state index contributed by atoms with van der Waals surface area (Å²) in [5, 5.41) is 11.8. The molecule has 0 atom stereocenters. The Balaban J connectivity index is 2.75. The van der Waals surface area contributed by atoms with Crippen LogP contribution in [0.25, 0.3) is 10.8 Å². The highest BCUT2D eigenvalue weighted by molar-refractivity contribution is 5.89. The van der Waals surface area contributed by atoms with Crippen LogP contribution in [0.3, 0.4) is 0 Å². The first-order valence-electron chi connectivity index (χ1n) is 4.93. The first-order valence-corrected chi connectivity index (χ1v) is 4.93. The number of hydrogen-bond donors (Lipinski definition) is 1. The summed E-state index contributed by atoms with van der Waals surface area (Å²) in [5.41, 5.74) is 2.36. The largest absolute Gasteiger partial charge is 0.507 e. The highest BCUT2D eigenvalue weighted by atomic mass is 16.3. The molecular formula is C13H14O. The van der Waals surface area contributed by atoms with Crippen LogP contribution in [-0.4, -0.2) is 5.11 Å². The van der Waals surface area contributed by atoms with E-state index in [4.69, 9.17) is 0 Å². The molecule has 0 aliphatic rings. The van der Waals surface area contributed by atoms with Crippen LogP contribution in [0.15, 0.2) is 30.3 Å². The molecule has 2 aromatic rings. The summed E-state index contributed by atoms with van der Waals surface area (Å²) in [6, 6.07) is 10.1. The summed E-state index contributed by atoms with van der Waals surface area (Å²) in [7, 11) is 0. The second-order valence-electron chi connectivity index (χ2n) is 3.69. The van der Waals surface area contributed by atoms with Crippen LogP contribution in [0.5, 0.6) is 5.75 Å². The van der Waals surface area contributed by atoms with Crippen LogP contribution in [0, 0.1) is 6.92 Å². The van der Waals surface area contributed by atoms with Gasteiger partial charge in [-0.2, -0.15) is 0 Å². The number of benzene rings is 2. The third kappa shape index (κ3) is 1.46. The lowest BCUT2D eigenvalue weighted by molar-refractivity contribution is 0.481. The van der Waals surface area contributed by atoms with Gasteiger partial charge in [-0.25, -0.2) is 0 Å². The predicted molar refractivity (Wildman–Crippen MR) is 59.7 cm³/mol. The van der Waals surface area contributed by atoms with Crippen molar-refractivity contribution in [3.05, 3.63) is 41.5 Å². The van der Waals surface area contributed by atoms with Crippen LogP contribution in [0.4, 0.5) is 0 Å². The number of rotatable bonds is 1. The smallest absolute Gasteiger partial charge is 0.123 e. The third-order valence-corrected chi connectivity index (χ3v) is 2.55. The van der Waals surface area contributed by atoms with Gasteiger partial charge in [0.25, 0.3) is 0 Å². The lowest BCUT2D eigenvalue weighted by Gasteiger charge is -2.04. The lowest BCUT2D eigenvalue weighted by atomic mass is 10.0. The Bertz CT molecular complexity index is 472. The summed E-state index contributed by atoms with van der Waals surface area (Å²) < 4.78 is 0. The molecule has 0 radical (unpaired) electrons. The normalized spacial score (nSPS) is 10.7. The Labute approximate surface area is 84.0 Å². The molecule has 0 aromatic heterocycles.